The summed E-state index contributed by atoms with van der Waals surface area (Å²) in [4.78, 5) is 28.9. The minimum Gasteiger partial charge on any atom is -0.490 e. The van der Waals surface area contributed by atoms with Crippen LogP contribution in [0.25, 0.3) is 0 Å². The Hall–Kier alpha value is -3.65. The number of rotatable bonds is 8. The highest BCUT2D eigenvalue weighted by Gasteiger charge is 2.24. The molecule has 0 unspecified atom stereocenters. The summed E-state index contributed by atoms with van der Waals surface area (Å²) in [5, 5.41) is 5.76. The SMILES string of the molecule is CCOc1ccc(CCNC(=O)Nc2ccc3c(c2)N(C)C(=O)c2ccccc2S3)cc1OCC. The maximum Gasteiger partial charge on any atom is 0.319 e. The predicted octanol–water partition coefficient (Wildman–Crippen LogP) is 5.59. The molecule has 0 bridgehead atoms. The zero-order chi connectivity index (χ0) is 24.8. The summed E-state index contributed by atoms with van der Waals surface area (Å²) in [6, 6.07) is 18.7. The number of nitrogens with zero attached hydrogens (tertiary/aromatic N) is 1. The van der Waals surface area contributed by atoms with E-state index in [1.54, 1.807) is 23.7 Å². The second-order valence-electron chi connectivity index (χ2n) is 7.92. The average Bonchev–Trinajstić information content (AvgIpc) is 2.96. The molecule has 2 N–H and O–H groups in total. The van der Waals surface area contributed by atoms with E-state index in [1.807, 2.05) is 74.5 Å². The van der Waals surface area contributed by atoms with Gasteiger partial charge in [-0.25, -0.2) is 4.79 Å². The summed E-state index contributed by atoms with van der Waals surface area (Å²) in [5.74, 6) is 1.35. The van der Waals surface area contributed by atoms with Gasteiger partial charge in [-0.1, -0.05) is 30.0 Å². The van der Waals surface area contributed by atoms with E-state index in [-0.39, 0.29) is 11.9 Å². The normalized spacial score (nSPS) is 12.3. The molecule has 182 valence electrons. The van der Waals surface area contributed by atoms with Crippen molar-refractivity contribution < 1.29 is 19.1 Å². The van der Waals surface area contributed by atoms with Crippen LogP contribution in [0.3, 0.4) is 0 Å². The topological polar surface area (TPSA) is 79.9 Å². The van der Waals surface area contributed by atoms with Gasteiger partial charge in [0.25, 0.3) is 5.91 Å². The second kappa shape index (κ2) is 11.2. The fraction of sp³-hybridized carbons (Fsp3) is 0.259. The molecular weight excluding hydrogens is 462 g/mol. The number of carbonyl (C=O) groups is 2. The first-order valence-corrected chi connectivity index (χ1v) is 12.4. The standard InChI is InChI=1S/C27H29N3O4S/c1-4-33-22-12-10-18(16-23(22)34-5-2)14-15-28-27(32)29-19-11-13-25-21(17-19)30(3)26(31)20-8-6-7-9-24(20)35-25/h6-13,16-17H,4-5,14-15H2,1-3H3,(H2,28,29,32). The molecule has 0 aromatic heterocycles. The Morgan fingerprint density at radius 3 is 2.51 bits per heavy atom. The Morgan fingerprint density at radius 2 is 1.71 bits per heavy atom. The van der Waals surface area contributed by atoms with Gasteiger partial charge in [-0.2, -0.15) is 0 Å². The van der Waals surface area contributed by atoms with Gasteiger partial charge in [0.1, 0.15) is 0 Å². The second-order valence-corrected chi connectivity index (χ2v) is 9.01. The number of ether oxygens (including phenoxy) is 2. The van der Waals surface area contributed by atoms with E-state index in [2.05, 4.69) is 10.6 Å². The van der Waals surface area contributed by atoms with E-state index in [0.717, 1.165) is 26.8 Å². The number of carbonyl (C=O) groups excluding carboxylic acids is 2. The van der Waals surface area contributed by atoms with Crippen molar-refractivity contribution in [2.45, 2.75) is 30.1 Å². The lowest BCUT2D eigenvalue weighted by atomic mass is 10.1. The molecule has 35 heavy (non-hydrogen) atoms. The van der Waals surface area contributed by atoms with Gasteiger partial charge >= 0.3 is 6.03 Å². The minimum absolute atomic E-state index is 0.0739. The van der Waals surface area contributed by atoms with Crippen LogP contribution in [0.1, 0.15) is 29.8 Å². The molecular formula is C27H29N3O4S. The summed E-state index contributed by atoms with van der Waals surface area (Å²) >= 11 is 1.55. The average molecular weight is 492 g/mol. The van der Waals surface area contributed by atoms with Gasteiger partial charge in [0, 0.05) is 29.1 Å². The first kappa shape index (κ1) is 24.5. The third-order valence-corrected chi connectivity index (χ3v) is 6.67. The summed E-state index contributed by atoms with van der Waals surface area (Å²) in [7, 11) is 1.75. The number of fused-ring (bicyclic) bond motifs is 2. The zero-order valence-electron chi connectivity index (χ0n) is 20.1. The Morgan fingerprint density at radius 1 is 0.943 bits per heavy atom. The van der Waals surface area contributed by atoms with Crippen LogP contribution in [0.5, 0.6) is 11.5 Å². The van der Waals surface area contributed by atoms with Crippen molar-refractivity contribution in [2.75, 3.05) is 37.0 Å². The number of anilines is 2. The maximum absolute atomic E-state index is 12.9. The number of hydrogen-bond donors (Lipinski definition) is 2. The Bertz CT molecular complexity index is 1230. The molecule has 3 aromatic carbocycles. The molecule has 3 aromatic rings. The lowest BCUT2D eigenvalue weighted by Crippen LogP contribution is -2.30. The van der Waals surface area contributed by atoms with Crippen molar-refractivity contribution in [1.82, 2.24) is 5.32 Å². The van der Waals surface area contributed by atoms with Gasteiger partial charge in [0.05, 0.1) is 24.5 Å². The van der Waals surface area contributed by atoms with Crippen LogP contribution in [0.4, 0.5) is 16.2 Å². The maximum atomic E-state index is 12.9. The van der Waals surface area contributed by atoms with Crippen LogP contribution >= 0.6 is 11.8 Å². The van der Waals surface area contributed by atoms with Crippen LogP contribution in [-0.2, 0) is 6.42 Å². The fourth-order valence-corrected chi connectivity index (χ4v) is 4.92. The number of nitrogens with one attached hydrogen (secondary N) is 2. The summed E-state index contributed by atoms with van der Waals surface area (Å²) in [6.45, 7) is 5.45. The van der Waals surface area contributed by atoms with Crippen LogP contribution in [0, 0.1) is 0 Å². The molecule has 0 saturated heterocycles. The molecule has 1 aliphatic heterocycles. The lowest BCUT2D eigenvalue weighted by molar-refractivity contribution is 0.0990. The molecule has 0 spiro atoms. The van der Waals surface area contributed by atoms with Crippen LogP contribution in [-0.4, -0.2) is 38.7 Å². The molecule has 0 saturated carbocycles. The molecule has 7 nitrogen and oxygen atoms in total. The molecule has 1 heterocycles. The van der Waals surface area contributed by atoms with Gasteiger partial charge in [-0.05, 0) is 68.3 Å². The molecule has 1 aliphatic rings. The number of hydrogen-bond acceptors (Lipinski definition) is 5. The van der Waals surface area contributed by atoms with Gasteiger partial charge in [0.15, 0.2) is 11.5 Å². The van der Waals surface area contributed by atoms with Crippen molar-refractivity contribution in [3.63, 3.8) is 0 Å². The van der Waals surface area contributed by atoms with Gasteiger partial charge in [-0.15, -0.1) is 0 Å². The minimum atomic E-state index is -0.306. The molecule has 3 amide bonds. The van der Waals surface area contributed by atoms with Crippen LogP contribution < -0.4 is 25.0 Å². The Balaban J connectivity index is 1.37. The highest BCUT2D eigenvalue weighted by atomic mass is 32.2. The summed E-state index contributed by atoms with van der Waals surface area (Å²) in [5.41, 5.74) is 3.09. The highest BCUT2D eigenvalue weighted by Crippen LogP contribution is 2.41. The fourth-order valence-electron chi connectivity index (χ4n) is 3.83. The molecule has 4 rings (SSSR count). The Labute approximate surface area is 209 Å². The van der Waals surface area contributed by atoms with E-state index in [9.17, 15) is 9.59 Å². The van der Waals surface area contributed by atoms with Gasteiger partial charge in [0.2, 0.25) is 0 Å². The van der Waals surface area contributed by atoms with E-state index in [4.69, 9.17) is 9.47 Å². The monoisotopic (exact) mass is 491 g/mol. The third-order valence-electron chi connectivity index (χ3n) is 5.53. The molecule has 8 heteroatoms. The number of urea groups is 1. The smallest absolute Gasteiger partial charge is 0.319 e. The first-order chi connectivity index (χ1) is 17.0. The van der Waals surface area contributed by atoms with E-state index in [0.29, 0.717) is 43.2 Å². The first-order valence-electron chi connectivity index (χ1n) is 11.6. The van der Waals surface area contributed by atoms with Crippen LogP contribution in [0.2, 0.25) is 0 Å². The molecule has 0 atom stereocenters. The molecule has 0 radical (unpaired) electrons. The summed E-state index contributed by atoms with van der Waals surface area (Å²) in [6.07, 6.45) is 0.649. The predicted molar refractivity (Wildman–Crippen MR) is 139 cm³/mol. The van der Waals surface area contributed by atoms with Gasteiger partial charge < -0.3 is 25.0 Å². The molecule has 0 fully saturated rings. The van der Waals surface area contributed by atoms with Crippen molar-refractivity contribution in [2.24, 2.45) is 0 Å². The number of benzene rings is 3. The molecule has 0 aliphatic carbocycles. The van der Waals surface area contributed by atoms with Gasteiger partial charge in [-0.3, -0.25) is 4.79 Å². The van der Waals surface area contributed by atoms with E-state index in [1.165, 1.54) is 0 Å². The van der Waals surface area contributed by atoms with Crippen molar-refractivity contribution in [3.05, 3.63) is 71.8 Å². The van der Waals surface area contributed by atoms with E-state index < -0.39 is 0 Å². The summed E-state index contributed by atoms with van der Waals surface area (Å²) < 4.78 is 11.3. The van der Waals surface area contributed by atoms with Crippen LogP contribution in [0.15, 0.2) is 70.5 Å². The van der Waals surface area contributed by atoms with Crippen molar-refractivity contribution in [1.29, 1.82) is 0 Å². The largest absolute Gasteiger partial charge is 0.490 e. The van der Waals surface area contributed by atoms with E-state index >= 15 is 0 Å². The van der Waals surface area contributed by atoms with Crippen molar-refractivity contribution in [3.8, 4) is 11.5 Å². The Kier molecular flexibility index (Phi) is 7.82. The zero-order valence-corrected chi connectivity index (χ0v) is 20.9. The lowest BCUT2D eigenvalue weighted by Gasteiger charge is -2.18. The number of amides is 3. The highest BCUT2D eigenvalue weighted by molar-refractivity contribution is 7.99. The van der Waals surface area contributed by atoms with Crippen molar-refractivity contribution >= 4 is 35.1 Å². The third kappa shape index (κ3) is 5.71. The quantitative estimate of drug-likeness (QED) is 0.429.